The van der Waals surface area contributed by atoms with Crippen molar-refractivity contribution < 1.29 is 4.79 Å². The van der Waals surface area contributed by atoms with Gasteiger partial charge in [0.2, 0.25) is 5.91 Å². The minimum Gasteiger partial charge on any atom is -0.332 e. The van der Waals surface area contributed by atoms with E-state index in [1.165, 1.54) is 5.56 Å². The van der Waals surface area contributed by atoms with Crippen LogP contribution in [0.4, 0.5) is 0 Å². The summed E-state index contributed by atoms with van der Waals surface area (Å²) in [4.78, 5) is 16.3. The Hall–Kier alpha value is -1.77. The van der Waals surface area contributed by atoms with Crippen LogP contribution in [0.5, 0.6) is 0 Å². The lowest BCUT2D eigenvalue weighted by molar-refractivity contribution is -0.154. The average molecular weight is 473 g/mol. The standard InChI is InChI=1S/C28H35Cl2NO/c1-5-8-12-24(7-3)31-26(20-13-15-22(29)16-14-20)25(21-10-9-11-23(30)18-21)19-28(4,17-6-2)27(31)32/h6,9-11,13-16,18,24-26H,2,5,7-8,12,17,19H2,1,3-4H3/t24?,25-,26-,28+/m1/s1. The lowest BCUT2D eigenvalue weighted by atomic mass is 9.67. The molecule has 1 aliphatic heterocycles. The van der Waals surface area contributed by atoms with Crippen LogP contribution in [0, 0.1) is 5.41 Å². The van der Waals surface area contributed by atoms with Gasteiger partial charge in [0.05, 0.1) is 11.5 Å². The van der Waals surface area contributed by atoms with E-state index < -0.39 is 5.41 Å². The van der Waals surface area contributed by atoms with Crippen molar-refractivity contribution >= 4 is 29.1 Å². The number of rotatable bonds is 9. The summed E-state index contributed by atoms with van der Waals surface area (Å²) >= 11 is 12.6. The highest BCUT2D eigenvalue weighted by Gasteiger charge is 2.50. The Kier molecular flexibility index (Phi) is 8.47. The number of hydrogen-bond donors (Lipinski definition) is 0. The van der Waals surface area contributed by atoms with Crippen LogP contribution in [-0.2, 0) is 4.79 Å². The molecule has 1 heterocycles. The van der Waals surface area contributed by atoms with E-state index in [0.29, 0.717) is 11.4 Å². The second kappa shape index (κ2) is 10.9. The molecule has 1 saturated heterocycles. The van der Waals surface area contributed by atoms with E-state index in [0.717, 1.165) is 42.7 Å². The molecular formula is C28H35Cl2NO. The molecule has 4 heteroatoms. The van der Waals surface area contributed by atoms with Gasteiger partial charge in [-0.15, -0.1) is 6.58 Å². The Morgan fingerprint density at radius 3 is 2.44 bits per heavy atom. The van der Waals surface area contributed by atoms with Gasteiger partial charge in [-0.05, 0) is 61.1 Å². The van der Waals surface area contributed by atoms with Crippen molar-refractivity contribution in [2.75, 3.05) is 0 Å². The third kappa shape index (κ3) is 5.24. The van der Waals surface area contributed by atoms with Crippen LogP contribution in [0.1, 0.15) is 82.4 Å². The summed E-state index contributed by atoms with van der Waals surface area (Å²) in [5.74, 6) is 0.367. The van der Waals surface area contributed by atoms with Gasteiger partial charge in [0.15, 0.2) is 0 Å². The number of halogens is 2. The van der Waals surface area contributed by atoms with Gasteiger partial charge in [-0.3, -0.25) is 4.79 Å². The van der Waals surface area contributed by atoms with Gasteiger partial charge in [-0.25, -0.2) is 0 Å². The molecular weight excluding hydrogens is 437 g/mol. The van der Waals surface area contributed by atoms with Crippen molar-refractivity contribution in [3.05, 3.63) is 82.4 Å². The smallest absolute Gasteiger partial charge is 0.229 e. The molecule has 0 N–H and O–H groups in total. The Morgan fingerprint density at radius 2 is 1.84 bits per heavy atom. The first kappa shape index (κ1) is 24.9. The summed E-state index contributed by atoms with van der Waals surface area (Å²) in [5, 5.41) is 1.43. The number of unbranched alkanes of at least 4 members (excludes halogenated alkanes) is 1. The summed E-state index contributed by atoms with van der Waals surface area (Å²) in [6, 6.07) is 16.3. The molecule has 0 aromatic heterocycles. The Balaban J connectivity index is 2.20. The molecule has 0 spiro atoms. The molecule has 1 fully saturated rings. The van der Waals surface area contributed by atoms with E-state index in [1.807, 2.05) is 30.3 Å². The molecule has 2 aromatic carbocycles. The zero-order chi connectivity index (χ0) is 23.3. The maximum Gasteiger partial charge on any atom is 0.229 e. The Morgan fingerprint density at radius 1 is 1.12 bits per heavy atom. The van der Waals surface area contributed by atoms with Crippen molar-refractivity contribution in [1.29, 1.82) is 0 Å². The van der Waals surface area contributed by atoms with Crippen molar-refractivity contribution in [1.82, 2.24) is 4.90 Å². The SMILES string of the molecule is C=CC[C@@]1(C)C[C@H](c2cccc(Cl)c2)[C@@H](c2ccc(Cl)cc2)N(C(CC)CCCC)C1=O. The molecule has 4 atom stereocenters. The highest BCUT2D eigenvalue weighted by Crippen LogP contribution is 2.52. The van der Waals surface area contributed by atoms with Gasteiger partial charge in [0, 0.05) is 22.0 Å². The number of hydrogen-bond acceptors (Lipinski definition) is 1. The Labute approximate surface area is 203 Å². The monoisotopic (exact) mass is 471 g/mol. The number of amides is 1. The molecule has 172 valence electrons. The number of piperidine rings is 1. The van der Waals surface area contributed by atoms with E-state index in [4.69, 9.17) is 23.2 Å². The van der Waals surface area contributed by atoms with Crippen molar-refractivity contribution in [2.45, 2.75) is 77.3 Å². The largest absolute Gasteiger partial charge is 0.332 e. The molecule has 0 bridgehead atoms. The van der Waals surface area contributed by atoms with Gasteiger partial charge >= 0.3 is 0 Å². The topological polar surface area (TPSA) is 20.3 Å². The fourth-order valence-corrected chi connectivity index (χ4v) is 5.59. The minimum absolute atomic E-state index is 0.0575. The summed E-state index contributed by atoms with van der Waals surface area (Å²) in [6.45, 7) is 10.5. The lowest BCUT2D eigenvalue weighted by Gasteiger charge is -2.52. The maximum atomic E-state index is 14.1. The molecule has 0 saturated carbocycles. The van der Waals surface area contributed by atoms with Gasteiger partial charge in [0.1, 0.15) is 0 Å². The number of likely N-dealkylation sites (tertiary alicyclic amines) is 1. The third-order valence-corrected chi connectivity index (χ3v) is 7.43. The summed E-state index contributed by atoms with van der Waals surface area (Å²) in [7, 11) is 0. The quantitative estimate of drug-likeness (QED) is 0.335. The average Bonchev–Trinajstić information content (AvgIpc) is 2.77. The van der Waals surface area contributed by atoms with Crippen LogP contribution in [0.3, 0.4) is 0 Å². The molecule has 32 heavy (non-hydrogen) atoms. The lowest BCUT2D eigenvalue weighted by Crippen LogP contribution is -2.55. The van der Waals surface area contributed by atoms with Crippen molar-refractivity contribution in [3.63, 3.8) is 0 Å². The molecule has 1 amide bonds. The minimum atomic E-state index is -0.489. The summed E-state index contributed by atoms with van der Waals surface area (Å²) in [6.07, 6.45) is 7.48. The molecule has 1 aliphatic rings. The van der Waals surface area contributed by atoms with Crippen LogP contribution >= 0.6 is 23.2 Å². The van der Waals surface area contributed by atoms with Crippen LogP contribution in [-0.4, -0.2) is 16.8 Å². The zero-order valence-corrected chi connectivity index (χ0v) is 21.0. The van der Waals surface area contributed by atoms with E-state index in [2.05, 4.69) is 56.5 Å². The molecule has 0 aliphatic carbocycles. The van der Waals surface area contributed by atoms with Gasteiger partial charge in [-0.1, -0.05) is 87.2 Å². The molecule has 2 aromatic rings. The molecule has 0 radical (unpaired) electrons. The van der Waals surface area contributed by atoms with Crippen LogP contribution < -0.4 is 0 Å². The van der Waals surface area contributed by atoms with Crippen LogP contribution in [0.25, 0.3) is 0 Å². The van der Waals surface area contributed by atoms with E-state index in [-0.39, 0.29) is 23.9 Å². The fraction of sp³-hybridized carbons (Fsp3) is 0.464. The second-order valence-corrected chi connectivity index (χ2v) is 10.2. The third-order valence-electron chi connectivity index (χ3n) is 6.94. The number of carbonyl (C=O) groups excluding carboxylic acids is 1. The first-order valence-electron chi connectivity index (χ1n) is 11.8. The number of benzene rings is 2. The number of nitrogens with zero attached hydrogens (tertiary/aromatic N) is 1. The maximum absolute atomic E-state index is 14.1. The van der Waals surface area contributed by atoms with Crippen molar-refractivity contribution in [3.8, 4) is 0 Å². The van der Waals surface area contributed by atoms with Gasteiger partial charge in [0.25, 0.3) is 0 Å². The van der Waals surface area contributed by atoms with Gasteiger partial charge in [-0.2, -0.15) is 0 Å². The van der Waals surface area contributed by atoms with E-state index >= 15 is 0 Å². The second-order valence-electron chi connectivity index (χ2n) is 9.33. The first-order chi connectivity index (χ1) is 15.3. The van der Waals surface area contributed by atoms with E-state index in [1.54, 1.807) is 0 Å². The summed E-state index contributed by atoms with van der Waals surface area (Å²) in [5.41, 5.74) is 1.82. The van der Waals surface area contributed by atoms with Crippen molar-refractivity contribution in [2.24, 2.45) is 5.41 Å². The number of allylic oxidation sites excluding steroid dienone is 1. The van der Waals surface area contributed by atoms with Crippen LogP contribution in [0.2, 0.25) is 10.0 Å². The normalized spacial score (nSPS) is 24.4. The highest BCUT2D eigenvalue weighted by atomic mass is 35.5. The van der Waals surface area contributed by atoms with Crippen LogP contribution in [0.15, 0.2) is 61.2 Å². The number of carbonyl (C=O) groups is 1. The fourth-order valence-electron chi connectivity index (χ4n) is 5.27. The predicted molar refractivity (Wildman–Crippen MR) is 136 cm³/mol. The molecule has 2 nitrogen and oxygen atoms in total. The molecule has 3 rings (SSSR count). The summed E-state index contributed by atoms with van der Waals surface area (Å²) < 4.78 is 0. The first-order valence-corrected chi connectivity index (χ1v) is 12.5. The van der Waals surface area contributed by atoms with Gasteiger partial charge < -0.3 is 4.90 Å². The predicted octanol–water partition coefficient (Wildman–Crippen LogP) is 8.60. The molecule has 1 unspecified atom stereocenters. The van der Waals surface area contributed by atoms with E-state index in [9.17, 15) is 4.79 Å². The zero-order valence-electron chi connectivity index (χ0n) is 19.5. The highest BCUT2D eigenvalue weighted by molar-refractivity contribution is 6.30. The Bertz CT molecular complexity index is 925.